The number of aliphatic hydroxyl groups excluding tert-OH is 1. The van der Waals surface area contributed by atoms with Crippen molar-refractivity contribution < 1.29 is 24.2 Å². The zero-order valence-corrected chi connectivity index (χ0v) is 25.5. The number of rotatable bonds is 9. The number of thioether (sulfide) groups is 1. The summed E-state index contributed by atoms with van der Waals surface area (Å²) in [4.78, 5) is 44.3. The van der Waals surface area contributed by atoms with Crippen molar-refractivity contribution >= 4 is 52.5 Å². The van der Waals surface area contributed by atoms with Crippen LogP contribution in [-0.4, -0.2) is 57.0 Å². The zero-order valence-electron chi connectivity index (χ0n) is 24.0. The molecule has 3 saturated heterocycles. The van der Waals surface area contributed by atoms with E-state index in [1.54, 1.807) is 42.1 Å². The summed E-state index contributed by atoms with van der Waals surface area (Å²) in [5.41, 5.74) is 2.61. The van der Waals surface area contributed by atoms with Crippen molar-refractivity contribution in [1.29, 1.82) is 0 Å². The van der Waals surface area contributed by atoms with Crippen molar-refractivity contribution in [2.45, 2.75) is 48.8 Å². The highest BCUT2D eigenvalue weighted by Gasteiger charge is 2.74. The van der Waals surface area contributed by atoms with E-state index in [0.29, 0.717) is 41.6 Å². The van der Waals surface area contributed by atoms with Crippen LogP contribution in [0.1, 0.15) is 36.9 Å². The number of benzene rings is 3. The summed E-state index contributed by atoms with van der Waals surface area (Å²) in [5, 5.41) is 17.0. The molecule has 3 fully saturated rings. The number of hydrogen-bond acceptors (Lipinski definition) is 6. The molecule has 3 aliphatic rings. The average molecular weight is 620 g/mol. The molecule has 3 aromatic carbocycles. The second kappa shape index (κ2) is 11.9. The van der Waals surface area contributed by atoms with Crippen molar-refractivity contribution in [2.24, 2.45) is 11.8 Å². The smallest absolute Gasteiger partial charge is 0.248 e. The van der Waals surface area contributed by atoms with Gasteiger partial charge in [-0.05, 0) is 68.1 Å². The second-order valence-corrected chi connectivity index (χ2v) is 13.3. The number of likely N-dealkylation sites (tertiary alicyclic amines) is 1. The third kappa shape index (κ3) is 5.07. The first-order chi connectivity index (χ1) is 20.8. The van der Waals surface area contributed by atoms with E-state index in [0.717, 1.165) is 11.1 Å². The average Bonchev–Trinajstić information content (AvgIpc) is 3.65. The Hall–Kier alpha value is -3.53. The maximum Gasteiger partial charge on any atom is 0.248 e. The van der Waals surface area contributed by atoms with Gasteiger partial charge in [0.1, 0.15) is 11.8 Å². The molecule has 0 aliphatic carbocycles. The predicted octanol–water partition coefficient (Wildman–Crippen LogP) is 5.45. The molecule has 3 heterocycles. The maximum atomic E-state index is 14.5. The summed E-state index contributed by atoms with van der Waals surface area (Å²) in [7, 11) is 0. The molecule has 3 N–H and O–H groups in total. The van der Waals surface area contributed by atoms with Crippen LogP contribution in [-0.2, 0) is 14.4 Å². The van der Waals surface area contributed by atoms with E-state index in [2.05, 4.69) is 10.6 Å². The van der Waals surface area contributed by atoms with Gasteiger partial charge in [-0.2, -0.15) is 0 Å². The number of carbonyl (C=O) groups is 3. The summed E-state index contributed by atoms with van der Waals surface area (Å²) in [5.74, 6) is -1.56. The minimum atomic E-state index is -0.920. The number of nitrogens with zero attached hydrogens (tertiary/aromatic N) is 1. The van der Waals surface area contributed by atoms with Gasteiger partial charge in [0.05, 0.1) is 46.5 Å². The molecule has 2 unspecified atom stereocenters. The fourth-order valence-corrected chi connectivity index (χ4v) is 9.54. The molecule has 1 spiro atoms. The number of amides is 3. The summed E-state index contributed by atoms with van der Waals surface area (Å²) in [6.45, 7) is 3.93. The van der Waals surface area contributed by atoms with Gasteiger partial charge in [0, 0.05) is 10.9 Å². The van der Waals surface area contributed by atoms with E-state index in [9.17, 15) is 19.5 Å². The monoisotopic (exact) mass is 619 g/mol. The minimum Gasteiger partial charge on any atom is -0.494 e. The van der Waals surface area contributed by atoms with Gasteiger partial charge in [-0.25, -0.2) is 0 Å². The first-order valence-corrected chi connectivity index (χ1v) is 15.8. The highest BCUT2D eigenvalue weighted by atomic mass is 35.5. The molecule has 6 atom stereocenters. The maximum absolute atomic E-state index is 14.5. The Kier molecular flexibility index (Phi) is 8.15. The molecule has 6 rings (SSSR count). The van der Waals surface area contributed by atoms with E-state index in [-0.39, 0.29) is 29.6 Å². The molecule has 3 aromatic rings. The first kappa shape index (κ1) is 29.5. The molecule has 8 nitrogen and oxygen atoms in total. The van der Waals surface area contributed by atoms with Gasteiger partial charge < -0.3 is 25.4 Å². The Morgan fingerprint density at radius 2 is 1.81 bits per heavy atom. The van der Waals surface area contributed by atoms with E-state index in [1.165, 1.54) is 4.90 Å². The number of ether oxygens (including phenoxy) is 1. The topological polar surface area (TPSA) is 108 Å². The lowest BCUT2D eigenvalue weighted by Crippen LogP contribution is -2.52. The van der Waals surface area contributed by atoms with Gasteiger partial charge in [0.25, 0.3) is 0 Å². The molecule has 3 aliphatic heterocycles. The fourth-order valence-electron chi connectivity index (χ4n) is 7.06. The third-order valence-electron chi connectivity index (χ3n) is 8.89. The summed E-state index contributed by atoms with van der Waals surface area (Å²) >= 11 is 8.06. The Labute approximate surface area is 260 Å². The van der Waals surface area contributed by atoms with Crippen LogP contribution in [0.5, 0.6) is 5.75 Å². The number of halogens is 1. The van der Waals surface area contributed by atoms with Crippen LogP contribution in [0, 0.1) is 18.8 Å². The molecule has 10 heteroatoms. The predicted molar refractivity (Wildman–Crippen MR) is 168 cm³/mol. The minimum absolute atomic E-state index is 0.111. The van der Waals surface area contributed by atoms with Crippen LogP contribution in [0.4, 0.5) is 11.4 Å². The number of aryl methyl sites for hydroxylation is 1. The highest BCUT2D eigenvalue weighted by molar-refractivity contribution is 8.02. The van der Waals surface area contributed by atoms with Crippen LogP contribution in [0.25, 0.3) is 0 Å². The van der Waals surface area contributed by atoms with Gasteiger partial charge in [-0.1, -0.05) is 54.1 Å². The highest BCUT2D eigenvalue weighted by Crippen LogP contribution is 2.67. The molecule has 2 bridgehead atoms. The number of anilines is 2. The van der Waals surface area contributed by atoms with E-state index in [1.807, 2.05) is 56.3 Å². The molecule has 3 amide bonds. The number of para-hydroxylation sites is 1. The van der Waals surface area contributed by atoms with Crippen LogP contribution >= 0.6 is 23.4 Å². The summed E-state index contributed by atoms with van der Waals surface area (Å²) in [6.07, 6.45) is 1.31. The number of carbonyl (C=O) groups excluding carboxylic acids is 3. The Morgan fingerprint density at radius 1 is 1.07 bits per heavy atom. The Bertz CT molecular complexity index is 1520. The lowest BCUT2D eigenvalue weighted by molar-refractivity contribution is -0.141. The SMILES string of the molecule is CCOc1ccc(NC(=O)[C@@H]2[C@H]3C(=O)N([C@H](CO)c4ccccc4)C(C(=O)Nc4c(C)cccc4Cl)C34CC[C@H]2S4)cc1. The van der Waals surface area contributed by atoms with Crippen molar-refractivity contribution in [3.8, 4) is 5.75 Å². The van der Waals surface area contributed by atoms with E-state index in [4.69, 9.17) is 16.3 Å². The normalized spacial score (nSPS) is 26.2. The van der Waals surface area contributed by atoms with Crippen LogP contribution in [0.3, 0.4) is 0 Å². The van der Waals surface area contributed by atoms with Crippen molar-refractivity contribution in [2.75, 3.05) is 23.8 Å². The molecule has 0 aromatic heterocycles. The summed E-state index contributed by atoms with van der Waals surface area (Å²) in [6, 6.07) is 20.1. The molecule has 224 valence electrons. The Morgan fingerprint density at radius 3 is 2.49 bits per heavy atom. The molecule has 0 saturated carbocycles. The van der Waals surface area contributed by atoms with Crippen molar-refractivity contribution in [1.82, 2.24) is 4.90 Å². The van der Waals surface area contributed by atoms with Gasteiger partial charge in [-0.3, -0.25) is 14.4 Å². The molecular formula is C33H34ClN3O5S. The van der Waals surface area contributed by atoms with Gasteiger partial charge in [0.2, 0.25) is 17.7 Å². The van der Waals surface area contributed by atoms with Gasteiger partial charge >= 0.3 is 0 Å². The second-order valence-electron chi connectivity index (χ2n) is 11.3. The fraction of sp³-hybridized carbons (Fsp3) is 0.364. The lowest BCUT2D eigenvalue weighted by Gasteiger charge is -2.37. The van der Waals surface area contributed by atoms with Crippen LogP contribution in [0.2, 0.25) is 5.02 Å². The largest absolute Gasteiger partial charge is 0.494 e. The lowest BCUT2D eigenvalue weighted by atomic mass is 9.70. The molecular weight excluding hydrogens is 586 g/mol. The van der Waals surface area contributed by atoms with E-state index < -0.39 is 28.7 Å². The standard InChI is InChI=1S/C33H34ClN3O5S/c1-3-42-22-14-12-21(13-15-22)35-30(39)26-25-16-17-33(43-25)27(26)32(41)37(24(18-38)20-9-5-4-6-10-20)29(33)31(40)36-28-19(2)8-7-11-23(28)34/h4-15,24-27,29,38H,3,16-18H2,1-2H3,(H,35,39)(H,36,40)/t24-,25-,26+,27+,29?,33?/m1/s1. The van der Waals surface area contributed by atoms with Crippen molar-refractivity contribution in [3.05, 3.63) is 88.9 Å². The third-order valence-corrected chi connectivity index (χ3v) is 11.2. The van der Waals surface area contributed by atoms with Crippen molar-refractivity contribution in [3.63, 3.8) is 0 Å². The van der Waals surface area contributed by atoms with Gasteiger partial charge in [0.15, 0.2) is 0 Å². The van der Waals surface area contributed by atoms with Crippen LogP contribution in [0.15, 0.2) is 72.8 Å². The number of aliphatic hydroxyl groups is 1. The molecule has 0 radical (unpaired) electrons. The summed E-state index contributed by atoms with van der Waals surface area (Å²) < 4.78 is 4.69. The number of nitrogens with one attached hydrogen (secondary N) is 2. The van der Waals surface area contributed by atoms with Crippen LogP contribution < -0.4 is 15.4 Å². The number of fused-ring (bicyclic) bond motifs is 1. The zero-order chi connectivity index (χ0) is 30.3. The molecule has 43 heavy (non-hydrogen) atoms. The van der Waals surface area contributed by atoms with E-state index >= 15 is 0 Å². The quantitative estimate of drug-likeness (QED) is 0.294. The number of hydrogen-bond donors (Lipinski definition) is 3. The first-order valence-electron chi connectivity index (χ1n) is 14.5. The Balaban J connectivity index is 1.37. The van der Waals surface area contributed by atoms with Gasteiger partial charge in [-0.15, -0.1) is 11.8 Å².